The summed E-state index contributed by atoms with van der Waals surface area (Å²) in [6.07, 6.45) is 3.88. The van der Waals surface area contributed by atoms with Crippen molar-refractivity contribution >= 4 is 16.5 Å². The molecule has 0 amide bonds. The van der Waals surface area contributed by atoms with Gasteiger partial charge in [0.25, 0.3) is 0 Å². The van der Waals surface area contributed by atoms with Crippen molar-refractivity contribution in [1.82, 2.24) is 15.2 Å². The molecule has 0 atom stereocenters. The molecule has 3 heterocycles. The van der Waals surface area contributed by atoms with E-state index in [2.05, 4.69) is 44.3 Å². The molecule has 21 heavy (non-hydrogen) atoms. The van der Waals surface area contributed by atoms with Gasteiger partial charge in [0.1, 0.15) is 0 Å². The van der Waals surface area contributed by atoms with E-state index in [9.17, 15) is 0 Å². The van der Waals surface area contributed by atoms with Crippen LogP contribution in [0.2, 0.25) is 0 Å². The van der Waals surface area contributed by atoms with E-state index in [1.165, 1.54) is 16.8 Å². The maximum absolute atomic E-state index is 4.54. The van der Waals surface area contributed by atoms with E-state index in [4.69, 9.17) is 0 Å². The second-order valence-corrected chi connectivity index (χ2v) is 6.07. The Balaban J connectivity index is 1.64. The molecular weight excluding hydrogens is 280 g/mol. The molecule has 0 unspecified atom stereocenters. The van der Waals surface area contributed by atoms with Crippen LogP contribution in [0, 0.1) is 0 Å². The molecule has 0 saturated carbocycles. The quantitative estimate of drug-likeness (QED) is 0.790. The third-order valence-electron chi connectivity index (χ3n) is 3.95. The van der Waals surface area contributed by atoms with Gasteiger partial charge in [-0.05, 0) is 6.42 Å². The van der Waals surface area contributed by atoms with Crippen LogP contribution < -0.4 is 4.90 Å². The lowest BCUT2D eigenvalue weighted by atomic mass is 10.0. The lowest BCUT2D eigenvalue weighted by molar-refractivity contribution is 0.789. The number of hydrogen-bond acceptors (Lipinski definition) is 4. The number of rotatable bonds is 2. The maximum Gasteiger partial charge on any atom is 0.185 e. The van der Waals surface area contributed by atoms with Crippen LogP contribution in [0.15, 0.2) is 41.9 Å². The Morgan fingerprint density at radius 3 is 2.76 bits per heavy atom. The number of thiazole rings is 1. The van der Waals surface area contributed by atoms with E-state index >= 15 is 0 Å². The van der Waals surface area contributed by atoms with Crippen molar-refractivity contribution in [2.45, 2.75) is 12.8 Å². The van der Waals surface area contributed by atoms with Crippen LogP contribution >= 0.6 is 11.3 Å². The van der Waals surface area contributed by atoms with Gasteiger partial charge in [0.15, 0.2) is 5.13 Å². The number of aromatic nitrogens is 3. The fourth-order valence-electron chi connectivity index (χ4n) is 2.88. The summed E-state index contributed by atoms with van der Waals surface area (Å²) in [5.74, 6) is 0. The van der Waals surface area contributed by atoms with Crippen molar-refractivity contribution in [3.8, 4) is 11.3 Å². The maximum atomic E-state index is 4.54. The van der Waals surface area contributed by atoms with Crippen molar-refractivity contribution < 1.29 is 0 Å². The van der Waals surface area contributed by atoms with Gasteiger partial charge in [-0.3, -0.25) is 5.10 Å². The van der Waals surface area contributed by atoms with Gasteiger partial charge >= 0.3 is 0 Å². The molecule has 0 spiro atoms. The zero-order valence-corrected chi connectivity index (χ0v) is 12.4. The second-order valence-electron chi connectivity index (χ2n) is 5.20. The van der Waals surface area contributed by atoms with Crippen molar-refractivity contribution in [2.75, 3.05) is 18.0 Å². The predicted octanol–water partition coefficient (Wildman–Crippen LogP) is 3.14. The minimum atomic E-state index is 0.995. The number of hydrogen-bond donors (Lipinski definition) is 1. The van der Waals surface area contributed by atoms with Crippen LogP contribution in [0.3, 0.4) is 0 Å². The molecule has 0 bridgehead atoms. The minimum Gasteiger partial charge on any atom is -0.347 e. The first kappa shape index (κ1) is 12.6. The summed E-state index contributed by atoms with van der Waals surface area (Å²) in [6.45, 7) is 2.00. The Bertz CT molecular complexity index is 718. The highest BCUT2D eigenvalue weighted by atomic mass is 32.1. The standard InChI is InChI=1S/C16H16N4S/c1-2-4-12(5-3-1)15-13-6-9-20(16-17-8-11-21-16)10-7-14(13)18-19-15/h1-5,8,11H,6-7,9-10H2,(H,18,19). The van der Waals surface area contributed by atoms with Gasteiger partial charge in [0.2, 0.25) is 0 Å². The zero-order chi connectivity index (χ0) is 14.1. The van der Waals surface area contributed by atoms with Crippen LogP contribution in [0.1, 0.15) is 11.3 Å². The van der Waals surface area contributed by atoms with Crippen LogP contribution in [-0.2, 0) is 12.8 Å². The van der Waals surface area contributed by atoms with Gasteiger partial charge in [-0.2, -0.15) is 5.10 Å². The molecule has 4 rings (SSSR count). The molecule has 1 N–H and O–H groups in total. The molecule has 3 aromatic rings. The smallest absolute Gasteiger partial charge is 0.185 e. The molecule has 0 aliphatic carbocycles. The highest BCUT2D eigenvalue weighted by Crippen LogP contribution is 2.28. The normalized spacial score (nSPS) is 14.8. The van der Waals surface area contributed by atoms with Crippen LogP contribution in [-0.4, -0.2) is 28.3 Å². The first-order valence-corrected chi connectivity index (χ1v) is 8.06. The summed E-state index contributed by atoms with van der Waals surface area (Å²) >= 11 is 1.71. The molecular formula is C16H16N4S. The van der Waals surface area contributed by atoms with E-state index in [0.717, 1.165) is 36.8 Å². The third-order valence-corrected chi connectivity index (χ3v) is 4.79. The molecule has 1 aromatic carbocycles. The molecule has 106 valence electrons. The minimum absolute atomic E-state index is 0.995. The Morgan fingerprint density at radius 1 is 1.10 bits per heavy atom. The van der Waals surface area contributed by atoms with Gasteiger partial charge < -0.3 is 4.90 Å². The summed E-state index contributed by atoms with van der Waals surface area (Å²) < 4.78 is 0. The monoisotopic (exact) mass is 296 g/mol. The second kappa shape index (κ2) is 5.33. The van der Waals surface area contributed by atoms with Crippen LogP contribution in [0.25, 0.3) is 11.3 Å². The Kier molecular flexibility index (Phi) is 3.20. The van der Waals surface area contributed by atoms with Gasteiger partial charge in [0, 0.05) is 47.9 Å². The summed E-state index contributed by atoms with van der Waals surface area (Å²) in [5, 5.41) is 10.9. The van der Waals surface area contributed by atoms with Gasteiger partial charge in [-0.15, -0.1) is 11.3 Å². The van der Waals surface area contributed by atoms with Crippen molar-refractivity contribution in [3.05, 3.63) is 53.2 Å². The van der Waals surface area contributed by atoms with E-state index < -0.39 is 0 Å². The van der Waals surface area contributed by atoms with E-state index in [1.54, 1.807) is 11.3 Å². The predicted molar refractivity (Wildman–Crippen MR) is 85.8 cm³/mol. The van der Waals surface area contributed by atoms with Crippen molar-refractivity contribution in [2.24, 2.45) is 0 Å². The molecule has 2 aromatic heterocycles. The number of anilines is 1. The average molecular weight is 296 g/mol. The summed E-state index contributed by atoms with van der Waals surface area (Å²) in [4.78, 5) is 6.80. The van der Waals surface area contributed by atoms with Crippen molar-refractivity contribution in [1.29, 1.82) is 0 Å². The summed E-state index contributed by atoms with van der Waals surface area (Å²) in [6, 6.07) is 10.4. The Morgan fingerprint density at radius 2 is 1.95 bits per heavy atom. The molecule has 0 fully saturated rings. The van der Waals surface area contributed by atoms with Gasteiger partial charge in [0.05, 0.1) is 5.69 Å². The molecule has 4 nitrogen and oxygen atoms in total. The van der Waals surface area contributed by atoms with E-state index in [0.29, 0.717) is 0 Å². The fraction of sp³-hybridized carbons (Fsp3) is 0.250. The van der Waals surface area contributed by atoms with Gasteiger partial charge in [-0.25, -0.2) is 4.98 Å². The van der Waals surface area contributed by atoms with E-state index in [-0.39, 0.29) is 0 Å². The third kappa shape index (κ3) is 2.34. The number of H-pyrrole nitrogens is 1. The molecule has 1 aliphatic heterocycles. The Labute approximate surface area is 127 Å². The van der Waals surface area contributed by atoms with Gasteiger partial charge in [-0.1, -0.05) is 30.3 Å². The average Bonchev–Trinajstić information content (AvgIpc) is 3.15. The zero-order valence-electron chi connectivity index (χ0n) is 11.6. The number of nitrogens with zero attached hydrogens (tertiary/aromatic N) is 3. The number of fused-ring (bicyclic) bond motifs is 1. The first-order valence-electron chi connectivity index (χ1n) is 7.18. The summed E-state index contributed by atoms with van der Waals surface area (Å²) in [5.41, 5.74) is 4.93. The summed E-state index contributed by atoms with van der Waals surface area (Å²) in [7, 11) is 0. The molecule has 0 radical (unpaired) electrons. The van der Waals surface area contributed by atoms with Crippen LogP contribution in [0.4, 0.5) is 5.13 Å². The van der Waals surface area contributed by atoms with Crippen LogP contribution in [0.5, 0.6) is 0 Å². The lowest BCUT2D eigenvalue weighted by Gasteiger charge is -2.18. The van der Waals surface area contributed by atoms with Crippen molar-refractivity contribution in [3.63, 3.8) is 0 Å². The number of nitrogens with one attached hydrogen (secondary N) is 1. The van der Waals surface area contributed by atoms with E-state index in [1.807, 2.05) is 17.6 Å². The first-order chi connectivity index (χ1) is 10.4. The topological polar surface area (TPSA) is 44.8 Å². The fourth-order valence-corrected chi connectivity index (χ4v) is 3.58. The number of aromatic amines is 1. The SMILES string of the molecule is c1ccc(-c2n[nH]c3c2CCN(c2nccs2)CC3)cc1. The molecule has 0 saturated heterocycles. The number of benzene rings is 1. The lowest BCUT2D eigenvalue weighted by Crippen LogP contribution is -2.25. The highest BCUT2D eigenvalue weighted by molar-refractivity contribution is 7.13. The molecule has 1 aliphatic rings. The molecule has 5 heteroatoms. The Hall–Kier alpha value is -2.14. The highest BCUT2D eigenvalue weighted by Gasteiger charge is 2.21. The largest absolute Gasteiger partial charge is 0.347 e.